The molecule has 0 radical (unpaired) electrons. The summed E-state index contributed by atoms with van der Waals surface area (Å²) >= 11 is 1.86. The summed E-state index contributed by atoms with van der Waals surface area (Å²) in [7, 11) is 0. The molecule has 0 aliphatic rings. The minimum atomic E-state index is 1.09. The molecule has 11 rings (SSSR count). The Hall–Kier alpha value is -7.20. The highest BCUT2D eigenvalue weighted by atomic mass is 32.1. The molecule has 0 saturated heterocycles. The Balaban J connectivity index is 1.06. The van der Waals surface area contributed by atoms with E-state index in [1.54, 1.807) is 0 Å². The number of hydrogen-bond donors (Lipinski definition) is 0. The van der Waals surface area contributed by atoms with E-state index in [4.69, 9.17) is 0 Å². The molecule has 2 aromatic heterocycles. The van der Waals surface area contributed by atoms with Crippen LogP contribution in [0.3, 0.4) is 0 Å². The maximum absolute atomic E-state index is 2.43. The fourth-order valence-corrected chi connectivity index (χ4v) is 9.66. The van der Waals surface area contributed by atoms with Crippen molar-refractivity contribution in [3.05, 3.63) is 218 Å². The van der Waals surface area contributed by atoms with Crippen LogP contribution in [-0.2, 0) is 0 Å². The highest BCUT2D eigenvalue weighted by molar-refractivity contribution is 7.25. The van der Waals surface area contributed by atoms with Crippen LogP contribution in [-0.4, -0.2) is 4.57 Å². The van der Waals surface area contributed by atoms with Crippen LogP contribution in [0.5, 0.6) is 0 Å². The lowest BCUT2D eigenvalue weighted by Gasteiger charge is -2.27. The van der Waals surface area contributed by atoms with Crippen LogP contribution >= 0.6 is 11.3 Å². The first-order valence-corrected chi connectivity index (χ1v) is 20.2. The number of benzene rings is 9. The number of para-hydroxylation sites is 4. The van der Waals surface area contributed by atoms with Crippen molar-refractivity contribution >= 4 is 70.4 Å². The van der Waals surface area contributed by atoms with Gasteiger partial charge in [0.15, 0.2) is 0 Å². The van der Waals surface area contributed by atoms with Crippen molar-refractivity contribution < 1.29 is 0 Å². The molecule has 268 valence electrons. The van der Waals surface area contributed by atoms with E-state index in [9.17, 15) is 0 Å². The Morgan fingerprint density at radius 2 is 0.877 bits per heavy atom. The van der Waals surface area contributed by atoms with Gasteiger partial charge in [-0.1, -0.05) is 146 Å². The smallest absolute Gasteiger partial charge is 0.0541 e. The van der Waals surface area contributed by atoms with Crippen molar-refractivity contribution in [3.8, 4) is 39.1 Å². The molecule has 0 atom stereocenters. The van der Waals surface area contributed by atoms with Gasteiger partial charge in [0.2, 0.25) is 0 Å². The molecule has 0 bridgehead atoms. The average Bonchev–Trinajstić information content (AvgIpc) is 3.83. The number of hydrogen-bond acceptors (Lipinski definition) is 2. The van der Waals surface area contributed by atoms with Crippen LogP contribution in [0.2, 0.25) is 0 Å². The number of nitrogens with zero attached hydrogens (tertiary/aromatic N) is 2. The number of thiophene rings is 1. The zero-order chi connectivity index (χ0) is 37.7. The number of fused-ring (bicyclic) bond motifs is 6. The third kappa shape index (κ3) is 5.71. The molecule has 9 aromatic carbocycles. The maximum Gasteiger partial charge on any atom is 0.0541 e. The summed E-state index contributed by atoms with van der Waals surface area (Å²) in [5, 5.41) is 5.15. The molecule has 0 unspecified atom stereocenters. The SMILES string of the molecule is c1ccc(-c2cc(N(c3ccccc3)c3ccc(-c4ccc5sc6ccccc6c5c4)cc3)ccc2-c2ccccc2-n2c3ccccc3c3ccccc32)cc1. The Morgan fingerprint density at radius 1 is 0.316 bits per heavy atom. The lowest BCUT2D eigenvalue weighted by molar-refractivity contribution is 1.18. The van der Waals surface area contributed by atoms with Crippen LogP contribution in [0.25, 0.3) is 81.0 Å². The predicted molar refractivity (Wildman–Crippen MR) is 245 cm³/mol. The highest BCUT2D eigenvalue weighted by Crippen LogP contribution is 2.44. The van der Waals surface area contributed by atoms with E-state index in [1.165, 1.54) is 75.4 Å². The lowest BCUT2D eigenvalue weighted by Crippen LogP contribution is -2.10. The molecule has 0 fully saturated rings. The van der Waals surface area contributed by atoms with Crippen molar-refractivity contribution in [3.63, 3.8) is 0 Å². The predicted octanol–water partition coefficient (Wildman–Crippen LogP) is 15.6. The standard InChI is InChI=1S/C54H36N2S/c1-3-15-38(16-4-1)48-36-42(32-33-43(48)44-19-7-11-23-50(44)56-51-24-12-8-20-45(51)46-21-9-13-25-52(46)56)55(40-17-5-2-6-18-40)41-30-27-37(28-31-41)39-29-34-54-49(35-39)47-22-10-14-26-53(47)57-54/h1-36H. The van der Waals surface area contributed by atoms with E-state index in [0.29, 0.717) is 0 Å². The van der Waals surface area contributed by atoms with Gasteiger partial charge in [0.25, 0.3) is 0 Å². The molecule has 0 N–H and O–H groups in total. The van der Waals surface area contributed by atoms with Crippen LogP contribution in [0.15, 0.2) is 218 Å². The largest absolute Gasteiger partial charge is 0.310 e. The van der Waals surface area contributed by atoms with Gasteiger partial charge in [0, 0.05) is 53.6 Å². The van der Waals surface area contributed by atoms with Crippen LogP contribution in [0.4, 0.5) is 17.1 Å². The van der Waals surface area contributed by atoms with Crippen LogP contribution < -0.4 is 4.90 Å². The molecule has 2 heterocycles. The fourth-order valence-electron chi connectivity index (χ4n) is 8.57. The number of aromatic nitrogens is 1. The Morgan fingerprint density at radius 3 is 1.63 bits per heavy atom. The van der Waals surface area contributed by atoms with Gasteiger partial charge in [0.05, 0.1) is 16.7 Å². The second kappa shape index (κ2) is 13.8. The van der Waals surface area contributed by atoms with E-state index in [0.717, 1.165) is 22.7 Å². The monoisotopic (exact) mass is 744 g/mol. The molecule has 0 aliphatic heterocycles. The van der Waals surface area contributed by atoms with Crippen molar-refractivity contribution in [1.82, 2.24) is 4.57 Å². The van der Waals surface area contributed by atoms with Gasteiger partial charge < -0.3 is 9.47 Å². The zero-order valence-electron chi connectivity index (χ0n) is 31.1. The summed E-state index contributed by atoms with van der Waals surface area (Å²) in [5.74, 6) is 0. The van der Waals surface area contributed by atoms with Gasteiger partial charge in [-0.15, -0.1) is 11.3 Å². The van der Waals surface area contributed by atoms with Gasteiger partial charge in [0.1, 0.15) is 0 Å². The summed E-state index contributed by atoms with van der Waals surface area (Å²) in [6.45, 7) is 0. The van der Waals surface area contributed by atoms with Gasteiger partial charge in [-0.3, -0.25) is 0 Å². The topological polar surface area (TPSA) is 8.17 Å². The summed E-state index contributed by atoms with van der Waals surface area (Å²) in [5.41, 5.74) is 14.0. The summed E-state index contributed by atoms with van der Waals surface area (Å²) in [6, 6.07) is 79.4. The van der Waals surface area contributed by atoms with Crippen molar-refractivity contribution in [1.29, 1.82) is 0 Å². The third-order valence-corrected chi connectivity index (χ3v) is 12.4. The first kappa shape index (κ1) is 33.2. The van der Waals surface area contributed by atoms with Gasteiger partial charge in [-0.2, -0.15) is 0 Å². The normalized spacial score (nSPS) is 11.5. The molecule has 2 nitrogen and oxygen atoms in total. The van der Waals surface area contributed by atoms with Crippen molar-refractivity contribution in [2.45, 2.75) is 0 Å². The first-order valence-electron chi connectivity index (χ1n) is 19.4. The van der Waals surface area contributed by atoms with Crippen molar-refractivity contribution in [2.24, 2.45) is 0 Å². The maximum atomic E-state index is 2.43. The minimum absolute atomic E-state index is 1.09. The van der Waals surface area contributed by atoms with Crippen LogP contribution in [0, 0.1) is 0 Å². The van der Waals surface area contributed by atoms with E-state index >= 15 is 0 Å². The van der Waals surface area contributed by atoms with E-state index in [1.807, 2.05) is 11.3 Å². The highest BCUT2D eigenvalue weighted by Gasteiger charge is 2.20. The molecule has 0 saturated carbocycles. The Kier molecular flexibility index (Phi) is 8.04. The molecular formula is C54H36N2S. The van der Waals surface area contributed by atoms with Crippen molar-refractivity contribution in [2.75, 3.05) is 4.90 Å². The third-order valence-electron chi connectivity index (χ3n) is 11.2. The average molecular weight is 745 g/mol. The molecule has 0 aliphatic carbocycles. The van der Waals surface area contributed by atoms with E-state index < -0.39 is 0 Å². The molecule has 3 heteroatoms. The van der Waals surface area contributed by atoms with E-state index in [-0.39, 0.29) is 0 Å². The van der Waals surface area contributed by atoms with Crippen LogP contribution in [0.1, 0.15) is 0 Å². The van der Waals surface area contributed by atoms with Gasteiger partial charge in [-0.05, 0) is 101 Å². The number of anilines is 3. The molecular weight excluding hydrogens is 709 g/mol. The Labute approximate surface area is 335 Å². The molecule has 0 amide bonds. The van der Waals surface area contributed by atoms with Gasteiger partial charge >= 0.3 is 0 Å². The first-order chi connectivity index (χ1) is 28.3. The minimum Gasteiger partial charge on any atom is -0.310 e. The summed E-state index contributed by atoms with van der Waals surface area (Å²) in [6.07, 6.45) is 0. The lowest BCUT2D eigenvalue weighted by atomic mass is 9.92. The van der Waals surface area contributed by atoms with E-state index in [2.05, 4.69) is 228 Å². The second-order valence-electron chi connectivity index (χ2n) is 14.5. The van der Waals surface area contributed by atoms with Gasteiger partial charge in [-0.25, -0.2) is 0 Å². The molecule has 11 aromatic rings. The number of rotatable bonds is 7. The second-order valence-corrected chi connectivity index (χ2v) is 15.6. The fraction of sp³-hybridized carbons (Fsp3) is 0. The Bertz CT molecular complexity index is 3180. The summed E-state index contributed by atoms with van der Waals surface area (Å²) in [4.78, 5) is 2.37. The molecule has 57 heavy (non-hydrogen) atoms. The molecule has 0 spiro atoms. The quantitative estimate of drug-likeness (QED) is 0.158. The summed E-state index contributed by atoms with van der Waals surface area (Å²) < 4.78 is 5.08. The zero-order valence-corrected chi connectivity index (χ0v) is 31.9.